The summed E-state index contributed by atoms with van der Waals surface area (Å²) < 4.78 is 11.4. The van der Waals surface area contributed by atoms with E-state index in [0.717, 1.165) is 24.2 Å². The van der Waals surface area contributed by atoms with Gasteiger partial charge in [0, 0.05) is 32.4 Å². The van der Waals surface area contributed by atoms with Crippen LogP contribution in [-0.4, -0.2) is 46.9 Å². The van der Waals surface area contributed by atoms with Crippen LogP contribution in [0.3, 0.4) is 0 Å². The molecular weight excluding hydrogens is 322 g/mol. The quantitative estimate of drug-likeness (QED) is 0.881. The molecule has 0 aliphatic carbocycles. The minimum Gasteiger partial charge on any atom is -0.490 e. The van der Waals surface area contributed by atoms with Gasteiger partial charge in [-0.25, -0.2) is 4.79 Å². The molecule has 1 aromatic rings. The second-order valence-electron chi connectivity index (χ2n) is 7.32. The number of amides is 1. The number of carbonyl (C=O) groups excluding carboxylic acids is 1. The fraction of sp³-hybridized carbons (Fsp3) is 0.579. The highest BCUT2D eigenvalue weighted by Crippen LogP contribution is 2.21. The van der Waals surface area contributed by atoms with Gasteiger partial charge in [0.1, 0.15) is 17.5 Å². The maximum Gasteiger partial charge on any atom is 0.410 e. The van der Waals surface area contributed by atoms with E-state index >= 15 is 0 Å². The molecule has 0 saturated carbocycles. The van der Waals surface area contributed by atoms with Crippen LogP contribution in [0.5, 0.6) is 5.75 Å². The first-order valence-corrected chi connectivity index (χ1v) is 8.68. The largest absolute Gasteiger partial charge is 0.490 e. The highest BCUT2D eigenvalue weighted by Gasteiger charge is 2.27. The van der Waals surface area contributed by atoms with Gasteiger partial charge in [0.25, 0.3) is 0 Å². The lowest BCUT2D eigenvalue weighted by Crippen LogP contribution is -2.44. The van der Waals surface area contributed by atoms with Crippen molar-refractivity contribution in [2.24, 2.45) is 0 Å². The summed E-state index contributed by atoms with van der Waals surface area (Å²) in [6.07, 6.45) is 1.98. The molecule has 1 aliphatic heterocycles. The van der Waals surface area contributed by atoms with Gasteiger partial charge in [0.15, 0.2) is 0 Å². The van der Waals surface area contributed by atoms with E-state index in [1.165, 1.54) is 0 Å². The number of aliphatic carboxylic acids is 1. The zero-order valence-electron chi connectivity index (χ0n) is 15.2. The van der Waals surface area contributed by atoms with Gasteiger partial charge >= 0.3 is 12.1 Å². The van der Waals surface area contributed by atoms with Crippen molar-refractivity contribution in [3.05, 3.63) is 29.8 Å². The topological polar surface area (TPSA) is 76.1 Å². The third-order valence-electron chi connectivity index (χ3n) is 3.95. The number of piperidine rings is 1. The number of nitrogens with zero attached hydrogens (tertiary/aromatic N) is 1. The van der Waals surface area contributed by atoms with Gasteiger partial charge in [-0.15, -0.1) is 0 Å². The van der Waals surface area contributed by atoms with E-state index in [2.05, 4.69) is 0 Å². The molecule has 0 spiro atoms. The Kier molecular flexibility index (Phi) is 6.28. The van der Waals surface area contributed by atoms with Crippen molar-refractivity contribution in [2.75, 3.05) is 13.1 Å². The first kappa shape index (κ1) is 19.1. The molecule has 25 heavy (non-hydrogen) atoms. The molecule has 1 heterocycles. The molecule has 1 aromatic carbocycles. The summed E-state index contributed by atoms with van der Waals surface area (Å²) in [5, 5.41) is 8.71. The van der Waals surface area contributed by atoms with Crippen molar-refractivity contribution in [3.63, 3.8) is 0 Å². The van der Waals surface area contributed by atoms with Crippen LogP contribution >= 0.6 is 0 Å². The Balaban J connectivity index is 1.78. The van der Waals surface area contributed by atoms with Gasteiger partial charge in [0.05, 0.1) is 0 Å². The van der Waals surface area contributed by atoms with E-state index in [0.29, 0.717) is 19.5 Å². The van der Waals surface area contributed by atoms with Gasteiger partial charge in [0.2, 0.25) is 0 Å². The molecule has 0 atom stereocenters. The van der Waals surface area contributed by atoms with Crippen LogP contribution in [0.4, 0.5) is 4.79 Å². The van der Waals surface area contributed by atoms with Crippen LogP contribution in [0.1, 0.15) is 45.6 Å². The predicted octanol–water partition coefficient (Wildman–Crippen LogP) is 3.48. The summed E-state index contributed by atoms with van der Waals surface area (Å²) in [5.41, 5.74) is 0.502. The third-order valence-corrected chi connectivity index (χ3v) is 3.95. The van der Waals surface area contributed by atoms with E-state index < -0.39 is 11.6 Å². The third kappa shape index (κ3) is 6.64. The summed E-state index contributed by atoms with van der Waals surface area (Å²) in [5.74, 6) is -0.0214. The summed E-state index contributed by atoms with van der Waals surface area (Å²) in [4.78, 5) is 24.4. The minimum atomic E-state index is -0.794. The maximum absolute atomic E-state index is 12.0. The summed E-state index contributed by atoms with van der Waals surface area (Å²) in [6, 6.07) is 7.54. The van der Waals surface area contributed by atoms with Crippen molar-refractivity contribution in [1.82, 2.24) is 4.90 Å². The fourth-order valence-corrected chi connectivity index (χ4v) is 2.66. The SMILES string of the molecule is CC(C)(C)OC(=O)N1CCC(Oc2ccc(CCC(=O)O)cc2)CC1. The second kappa shape index (κ2) is 8.23. The minimum absolute atomic E-state index is 0.0727. The van der Waals surface area contributed by atoms with Crippen LogP contribution in [-0.2, 0) is 16.0 Å². The standard InChI is InChI=1S/C19H27NO5/c1-19(2,3)25-18(23)20-12-10-16(11-13-20)24-15-7-4-14(5-8-15)6-9-17(21)22/h4-5,7-8,16H,6,9-13H2,1-3H3,(H,21,22). The smallest absolute Gasteiger partial charge is 0.410 e. The second-order valence-corrected chi connectivity index (χ2v) is 7.32. The zero-order chi connectivity index (χ0) is 18.4. The van der Waals surface area contributed by atoms with Crippen LogP contribution < -0.4 is 4.74 Å². The van der Waals surface area contributed by atoms with Crippen molar-refractivity contribution in [2.45, 2.75) is 58.2 Å². The van der Waals surface area contributed by atoms with Crippen LogP contribution in [0.15, 0.2) is 24.3 Å². The number of benzene rings is 1. The lowest BCUT2D eigenvalue weighted by molar-refractivity contribution is -0.136. The number of hydrogen-bond acceptors (Lipinski definition) is 4. The Morgan fingerprint density at radius 3 is 2.28 bits per heavy atom. The van der Waals surface area contributed by atoms with Crippen LogP contribution in [0, 0.1) is 0 Å². The van der Waals surface area contributed by atoms with Crippen LogP contribution in [0.25, 0.3) is 0 Å². The molecule has 1 saturated heterocycles. The molecule has 1 aliphatic rings. The number of likely N-dealkylation sites (tertiary alicyclic amines) is 1. The van der Waals surface area contributed by atoms with Gasteiger partial charge in [-0.1, -0.05) is 12.1 Å². The molecular formula is C19H27NO5. The maximum atomic E-state index is 12.0. The van der Waals surface area contributed by atoms with Crippen molar-refractivity contribution in [3.8, 4) is 5.75 Å². The number of rotatable bonds is 5. The summed E-state index contributed by atoms with van der Waals surface area (Å²) in [6.45, 7) is 6.83. The Morgan fingerprint density at radius 2 is 1.76 bits per heavy atom. The molecule has 138 valence electrons. The number of ether oxygens (including phenoxy) is 2. The van der Waals surface area contributed by atoms with Crippen molar-refractivity contribution in [1.29, 1.82) is 0 Å². The van der Waals surface area contributed by atoms with Gasteiger partial charge in [-0.05, 0) is 44.9 Å². The first-order valence-electron chi connectivity index (χ1n) is 8.68. The molecule has 1 amide bonds. The zero-order valence-corrected chi connectivity index (χ0v) is 15.2. The molecule has 1 N–H and O–H groups in total. The van der Waals surface area contributed by atoms with Gasteiger partial charge < -0.3 is 19.5 Å². The Morgan fingerprint density at radius 1 is 1.16 bits per heavy atom. The van der Waals surface area contributed by atoms with E-state index in [9.17, 15) is 9.59 Å². The van der Waals surface area contributed by atoms with E-state index in [1.54, 1.807) is 4.90 Å². The van der Waals surface area contributed by atoms with Gasteiger partial charge in [-0.2, -0.15) is 0 Å². The highest BCUT2D eigenvalue weighted by molar-refractivity contribution is 5.68. The average Bonchev–Trinajstić information content (AvgIpc) is 2.53. The Labute approximate surface area is 148 Å². The molecule has 0 unspecified atom stereocenters. The van der Waals surface area contributed by atoms with Crippen molar-refractivity contribution < 1.29 is 24.2 Å². The molecule has 2 rings (SSSR count). The van der Waals surface area contributed by atoms with E-state index in [-0.39, 0.29) is 18.6 Å². The number of carbonyl (C=O) groups is 2. The first-order chi connectivity index (χ1) is 11.7. The van der Waals surface area contributed by atoms with Crippen LogP contribution in [0.2, 0.25) is 0 Å². The number of aryl methyl sites for hydroxylation is 1. The number of hydrogen-bond donors (Lipinski definition) is 1. The number of carboxylic acid groups (broad SMARTS) is 1. The lowest BCUT2D eigenvalue weighted by Gasteiger charge is -2.33. The predicted molar refractivity (Wildman–Crippen MR) is 93.9 cm³/mol. The van der Waals surface area contributed by atoms with E-state index in [4.69, 9.17) is 14.6 Å². The van der Waals surface area contributed by atoms with E-state index in [1.807, 2.05) is 45.0 Å². The fourth-order valence-electron chi connectivity index (χ4n) is 2.66. The Hall–Kier alpha value is -2.24. The summed E-state index contributed by atoms with van der Waals surface area (Å²) >= 11 is 0. The Bertz CT molecular complexity index is 583. The average molecular weight is 349 g/mol. The molecule has 6 heteroatoms. The lowest BCUT2D eigenvalue weighted by atomic mass is 10.1. The molecule has 0 aromatic heterocycles. The molecule has 6 nitrogen and oxygen atoms in total. The highest BCUT2D eigenvalue weighted by atomic mass is 16.6. The monoisotopic (exact) mass is 349 g/mol. The van der Waals surface area contributed by atoms with Gasteiger partial charge in [-0.3, -0.25) is 4.79 Å². The molecule has 0 radical (unpaired) electrons. The summed E-state index contributed by atoms with van der Waals surface area (Å²) in [7, 11) is 0. The van der Waals surface area contributed by atoms with Crippen molar-refractivity contribution >= 4 is 12.1 Å². The number of carboxylic acids is 1. The molecule has 0 bridgehead atoms. The normalized spacial score (nSPS) is 15.7. The molecule has 1 fully saturated rings.